The summed E-state index contributed by atoms with van der Waals surface area (Å²) in [5.41, 5.74) is 3.48. The van der Waals surface area contributed by atoms with Gasteiger partial charge in [0.25, 0.3) is 0 Å². The topological polar surface area (TPSA) is 43.8 Å². The standard InChI is InChI=1S/C11H9F4N3/c12-6-2-1-3-7-8(6)17-9(16)18(7)10(4-5-10)11(13,14)15/h1-3H,4-5H2,(H2,16,17). The Morgan fingerprint density at radius 1 is 1.28 bits per heavy atom. The summed E-state index contributed by atoms with van der Waals surface area (Å²) in [6.07, 6.45) is -4.52. The number of nitrogen functional groups attached to an aromatic ring is 1. The van der Waals surface area contributed by atoms with Crippen LogP contribution in [0.1, 0.15) is 12.8 Å². The van der Waals surface area contributed by atoms with E-state index in [1.807, 2.05) is 0 Å². The fraction of sp³-hybridized carbons (Fsp3) is 0.364. The summed E-state index contributed by atoms with van der Waals surface area (Å²) >= 11 is 0. The highest BCUT2D eigenvalue weighted by atomic mass is 19.4. The molecule has 2 N–H and O–H groups in total. The summed E-state index contributed by atoms with van der Waals surface area (Å²) in [6.45, 7) is 0. The van der Waals surface area contributed by atoms with Crippen molar-refractivity contribution in [1.29, 1.82) is 0 Å². The van der Waals surface area contributed by atoms with Crippen molar-refractivity contribution >= 4 is 17.0 Å². The van der Waals surface area contributed by atoms with Crippen LogP contribution in [0.5, 0.6) is 0 Å². The molecule has 3 rings (SSSR count). The number of halogens is 4. The number of hydrogen-bond donors (Lipinski definition) is 1. The maximum Gasteiger partial charge on any atom is 0.412 e. The van der Waals surface area contributed by atoms with Crippen molar-refractivity contribution in [3.05, 3.63) is 24.0 Å². The van der Waals surface area contributed by atoms with E-state index in [9.17, 15) is 17.6 Å². The van der Waals surface area contributed by atoms with Crippen LogP contribution in [-0.2, 0) is 5.54 Å². The molecule has 0 atom stereocenters. The van der Waals surface area contributed by atoms with Crippen LogP contribution >= 0.6 is 0 Å². The van der Waals surface area contributed by atoms with E-state index < -0.39 is 17.5 Å². The van der Waals surface area contributed by atoms with Crippen LogP contribution in [-0.4, -0.2) is 15.7 Å². The number of nitrogens with two attached hydrogens (primary N) is 1. The Balaban J connectivity index is 2.31. The Bertz CT molecular complexity index is 625. The number of nitrogens with zero attached hydrogens (tertiary/aromatic N) is 2. The lowest BCUT2D eigenvalue weighted by atomic mass is 10.2. The smallest absolute Gasteiger partial charge is 0.369 e. The molecule has 0 saturated heterocycles. The first-order valence-corrected chi connectivity index (χ1v) is 5.36. The van der Waals surface area contributed by atoms with E-state index in [4.69, 9.17) is 5.73 Å². The van der Waals surface area contributed by atoms with E-state index >= 15 is 0 Å². The van der Waals surface area contributed by atoms with Crippen molar-refractivity contribution in [3.8, 4) is 0 Å². The number of imidazole rings is 1. The maximum atomic E-state index is 13.5. The van der Waals surface area contributed by atoms with Gasteiger partial charge in [-0.3, -0.25) is 4.57 Å². The normalized spacial score (nSPS) is 18.2. The molecule has 1 fully saturated rings. The third-order valence-corrected chi connectivity index (χ3v) is 3.34. The molecule has 2 aromatic rings. The second-order valence-corrected chi connectivity index (χ2v) is 4.44. The quantitative estimate of drug-likeness (QED) is 0.800. The number of alkyl halides is 3. The molecule has 0 aliphatic heterocycles. The summed E-state index contributed by atoms with van der Waals surface area (Å²) in [5, 5.41) is 0. The Labute approximate surface area is 99.2 Å². The van der Waals surface area contributed by atoms with Crippen LogP contribution in [0.2, 0.25) is 0 Å². The van der Waals surface area contributed by atoms with Crippen LogP contribution in [0.25, 0.3) is 11.0 Å². The van der Waals surface area contributed by atoms with E-state index in [-0.39, 0.29) is 29.8 Å². The first-order chi connectivity index (χ1) is 8.37. The first kappa shape index (κ1) is 11.3. The number of aromatic nitrogens is 2. The molecule has 3 nitrogen and oxygen atoms in total. The first-order valence-electron chi connectivity index (χ1n) is 5.36. The summed E-state index contributed by atoms with van der Waals surface area (Å²) < 4.78 is 53.6. The third-order valence-electron chi connectivity index (χ3n) is 3.34. The zero-order chi connectivity index (χ0) is 13.1. The van der Waals surface area contributed by atoms with Gasteiger partial charge in [-0.25, -0.2) is 9.37 Å². The number of anilines is 1. The van der Waals surface area contributed by atoms with Gasteiger partial charge in [-0.05, 0) is 25.0 Å². The minimum atomic E-state index is -4.42. The van der Waals surface area contributed by atoms with Gasteiger partial charge in [0.15, 0.2) is 5.82 Å². The molecule has 7 heteroatoms. The lowest BCUT2D eigenvalue weighted by Crippen LogP contribution is -2.35. The molecule has 1 aromatic heterocycles. The molecular weight excluding hydrogens is 250 g/mol. The predicted octanol–water partition coefficient (Wildman–Crippen LogP) is 2.81. The Kier molecular flexibility index (Phi) is 1.98. The second-order valence-electron chi connectivity index (χ2n) is 4.44. The molecule has 0 amide bonds. The third kappa shape index (κ3) is 1.27. The van der Waals surface area contributed by atoms with Crippen LogP contribution in [0.3, 0.4) is 0 Å². The second kappa shape index (κ2) is 3.15. The summed E-state index contributed by atoms with van der Waals surface area (Å²) in [7, 11) is 0. The Hall–Kier alpha value is -1.79. The van der Waals surface area contributed by atoms with Gasteiger partial charge in [0.05, 0.1) is 5.52 Å². The number of rotatable bonds is 1. The van der Waals surface area contributed by atoms with Crippen molar-refractivity contribution < 1.29 is 17.6 Å². The molecule has 96 valence electrons. The molecule has 1 aliphatic carbocycles. The van der Waals surface area contributed by atoms with Crippen LogP contribution in [0.4, 0.5) is 23.5 Å². The highest BCUT2D eigenvalue weighted by molar-refractivity contribution is 5.79. The average Bonchev–Trinajstić information content (AvgIpc) is 2.98. The lowest BCUT2D eigenvalue weighted by Gasteiger charge is -2.22. The fourth-order valence-corrected chi connectivity index (χ4v) is 2.29. The van der Waals surface area contributed by atoms with Crippen molar-refractivity contribution in [2.24, 2.45) is 0 Å². The summed E-state index contributed by atoms with van der Waals surface area (Å²) in [4.78, 5) is 3.70. The Morgan fingerprint density at radius 2 is 1.94 bits per heavy atom. The zero-order valence-corrected chi connectivity index (χ0v) is 9.13. The van der Waals surface area contributed by atoms with Crippen molar-refractivity contribution in [3.63, 3.8) is 0 Å². The molecule has 1 aromatic carbocycles. The zero-order valence-electron chi connectivity index (χ0n) is 9.13. The minimum absolute atomic E-state index is 0.0529. The number of fused-ring (bicyclic) bond motifs is 1. The van der Waals surface area contributed by atoms with Gasteiger partial charge in [-0.2, -0.15) is 13.2 Å². The van der Waals surface area contributed by atoms with Crippen molar-refractivity contribution in [2.45, 2.75) is 24.6 Å². The molecule has 0 unspecified atom stereocenters. The molecule has 18 heavy (non-hydrogen) atoms. The predicted molar refractivity (Wildman–Crippen MR) is 57.4 cm³/mol. The number of hydrogen-bond acceptors (Lipinski definition) is 2. The van der Waals surface area contributed by atoms with E-state index in [1.54, 1.807) is 0 Å². The summed E-state index contributed by atoms with van der Waals surface area (Å²) in [6, 6.07) is 3.89. The molecular formula is C11H9F4N3. The van der Waals surface area contributed by atoms with Crippen molar-refractivity contribution in [1.82, 2.24) is 9.55 Å². The monoisotopic (exact) mass is 259 g/mol. The minimum Gasteiger partial charge on any atom is -0.369 e. The number of para-hydroxylation sites is 1. The van der Waals surface area contributed by atoms with E-state index in [2.05, 4.69) is 4.98 Å². The van der Waals surface area contributed by atoms with Gasteiger partial charge >= 0.3 is 6.18 Å². The van der Waals surface area contributed by atoms with Crippen LogP contribution in [0.15, 0.2) is 18.2 Å². The number of benzene rings is 1. The Morgan fingerprint density at radius 3 is 2.50 bits per heavy atom. The van der Waals surface area contributed by atoms with Gasteiger partial charge < -0.3 is 5.73 Å². The van der Waals surface area contributed by atoms with Gasteiger partial charge in [0.2, 0.25) is 5.95 Å². The average molecular weight is 259 g/mol. The van der Waals surface area contributed by atoms with Crippen LogP contribution in [0, 0.1) is 5.82 Å². The fourth-order valence-electron chi connectivity index (χ4n) is 2.29. The molecule has 1 aliphatic rings. The maximum absolute atomic E-state index is 13.5. The van der Waals surface area contributed by atoms with E-state index in [0.717, 1.165) is 10.6 Å². The molecule has 1 heterocycles. The highest BCUT2D eigenvalue weighted by Crippen LogP contribution is 2.57. The van der Waals surface area contributed by atoms with Crippen molar-refractivity contribution in [2.75, 3.05) is 5.73 Å². The SMILES string of the molecule is Nc1nc2c(F)cccc2n1C1(C(F)(F)F)CC1. The molecule has 1 saturated carbocycles. The summed E-state index contributed by atoms with van der Waals surface area (Å²) in [5.74, 6) is -0.971. The molecule has 0 spiro atoms. The van der Waals surface area contributed by atoms with E-state index in [1.165, 1.54) is 12.1 Å². The molecule has 0 bridgehead atoms. The highest BCUT2D eigenvalue weighted by Gasteiger charge is 2.66. The molecule has 0 radical (unpaired) electrons. The van der Waals surface area contributed by atoms with Gasteiger partial charge in [0, 0.05) is 0 Å². The lowest BCUT2D eigenvalue weighted by molar-refractivity contribution is -0.178. The van der Waals surface area contributed by atoms with Crippen LogP contribution < -0.4 is 5.73 Å². The van der Waals surface area contributed by atoms with Gasteiger partial charge in [0.1, 0.15) is 11.1 Å². The largest absolute Gasteiger partial charge is 0.412 e. The van der Waals surface area contributed by atoms with Gasteiger partial charge in [-0.1, -0.05) is 6.07 Å². The van der Waals surface area contributed by atoms with E-state index in [0.29, 0.717) is 0 Å². The van der Waals surface area contributed by atoms with Gasteiger partial charge in [-0.15, -0.1) is 0 Å².